The molecule has 29 heavy (non-hydrogen) atoms. The molecule has 0 saturated carbocycles. The Bertz CT molecular complexity index is 1140. The molecule has 0 spiro atoms. The average molecular weight is 387 g/mol. The molecule has 148 valence electrons. The average Bonchev–Trinajstić information content (AvgIpc) is 2.73. The maximum atomic E-state index is 7.32. The molecule has 2 aromatic carbocycles. The lowest BCUT2D eigenvalue weighted by molar-refractivity contribution is 0.194. The molecular formula is C23H25N5O. The van der Waals surface area contributed by atoms with Crippen molar-refractivity contribution in [2.75, 3.05) is 12.8 Å². The minimum atomic E-state index is 0.479. The molecule has 0 saturated heterocycles. The first-order chi connectivity index (χ1) is 14.0. The summed E-state index contributed by atoms with van der Waals surface area (Å²) < 4.78 is 0. The second kappa shape index (κ2) is 9.23. The quantitative estimate of drug-likeness (QED) is 0.240. The Morgan fingerprint density at radius 1 is 1.03 bits per heavy atom. The van der Waals surface area contributed by atoms with E-state index >= 15 is 0 Å². The zero-order valence-electron chi connectivity index (χ0n) is 16.6. The van der Waals surface area contributed by atoms with Crippen molar-refractivity contribution < 1.29 is 5.21 Å². The van der Waals surface area contributed by atoms with Crippen molar-refractivity contribution in [2.24, 2.45) is 0 Å². The third-order valence-electron chi connectivity index (χ3n) is 4.72. The number of nitrogens with zero attached hydrogens (tertiary/aromatic N) is 2. The summed E-state index contributed by atoms with van der Waals surface area (Å²) >= 11 is 0. The summed E-state index contributed by atoms with van der Waals surface area (Å²) in [4.78, 5) is 9.08. The molecule has 0 fully saturated rings. The molecule has 2 heterocycles. The van der Waals surface area contributed by atoms with Gasteiger partial charge in [-0.25, -0.2) is 10.5 Å². The SMILES string of the molecule is CNO.Cc1ccc2c(c1)nc(N)c1ncc(CCc3ccc(C=N)cc3)cc12. The van der Waals surface area contributed by atoms with Gasteiger partial charge in [-0.05, 0) is 54.2 Å². The van der Waals surface area contributed by atoms with Gasteiger partial charge in [0.2, 0.25) is 0 Å². The Balaban J connectivity index is 0.000000755. The van der Waals surface area contributed by atoms with Crippen LogP contribution in [-0.4, -0.2) is 28.4 Å². The molecule has 2 aromatic heterocycles. The second-order valence-electron chi connectivity index (χ2n) is 6.87. The van der Waals surface area contributed by atoms with Crippen LogP contribution in [0.15, 0.2) is 54.7 Å². The van der Waals surface area contributed by atoms with Gasteiger partial charge in [-0.3, -0.25) is 4.98 Å². The summed E-state index contributed by atoms with van der Waals surface area (Å²) in [7, 11) is 1.43. The van der Waals surface area contributed by atoms with Crippen molar-refractivity contribution in [2.45, 2.75) is 19.8 Å². The Kier molecular flexibility index (Phi) is 6.49. The van der Waals surface area contributed by atoms with Gasteiger partial charge in [-0.1, -0.05) is 36.4 Å². The summed E-state index contributed by atoms with van der Waals surface area (Å²) in [5.74, 6) is 0.479. The summed E-state index contributed by atoms with van der Waals surface area (Å²) in [6, 6.07) is 16.5. The fraction of sp³-hybridized carbons (Fsp3) is 0.174. The molecule has 0 amide bonds. The van der Waals surface area contributed by atoms with Gasteiger partial charge in [0.25, 0.3) is 0 Å². The zero-order valence-corrected chi connectivity index (χ0v) is 16.6. The highest BCUT2D eigenvalue weighted by atomic mass is 16.5. The third kappa shape index (κ3) is 4.74. The molecule has 6 heteroatoms. The van der Waals surface area contributed by atoms with Crippen LogP contribution in [0.3, 0.4) is 0 Å². The zero-order chi connectivity index (χ0) is 20.8. The van der Waals surface area contributed by atoms with Crippen molar-refractivity contribution in [1.29, 1.82) is 5.41 Å². The molecule has 6 nitrogen and oxygen atoms in total. The molecule has 4 aromatic rings. The standard InChI is InChI=1S/C22H20N4.CH5NO/c1-14-2-9-18-19-11-17(8-5-15-3-6-16(12-23)7-4-15)13-25-21(19)22(24)26-20(18)10-14;1-2-3/h2-4,6-7,9-13,23H,5,8H2,1H3,(H2,24,26);2-3H,1H3. The molecular weight excluding hydrogens is 362 g/mol. The highest BCUT2D eigenvalue weighted by Crippen LogP contribution is 2.28. The number of hydrogen-bond donors (Lipinski definition) is 4. The summed E-state index contributed by atoms with van der Waals surface area (Å²) in [6.45, 7) is 2.06. The van der Waals surface area contributed by atoms with Gasteiger partial charge < -0.3 is 16.4 Å². The van der Waals surface area contributed by atoms with Gasteiger partial charge in [0.05, 0.1) is 5.52 Å². The van der Waals surface area contributed by atoms with Gasteiger partial charge in [0.15, 0.2) is 5.82 Å². The molecule has 0 aliphatic carbocycles. The smallest absolute Gasteiger partial charge is 0.150 e. The van der Waals surface area contributed by atoms with E-state index in [1.54, 1.807) is 5.48 Å². The van der Waals surface area contributed by atoms with Gasteiger partial charge in [0.1, 0.15) is 5.52 Å². The number of hydroxylamine groups is 1. The number of benzene rings is 2. The largest absolute Gasteiger partial charge is 0.382 e. The number of nitrogens with one attached hydrogen (secondary N) is 2. The van der Waals surface area contributed by atoms with Crippen LogP contribution in [-0.2, 0) is 12.8 Å². The number of anilines is 1. The number of aromatic nitrogens is 2. The molecule has 0 unspecified atom stereocenters. The number of hydrogen-bond acceptors (Lipinski definition) is 6. The van der Waals surface area contributed by atoms with Crippen molar-refractivity contribution >= 4 is 33.8 Å². The second-order valence-corrected chi connectivity index (χ2v) is 6.87. The van der Waals surface area contributed by atoms with Crippen LogP contribution in [0.2, 0.25) is 0 Å². The lowest BCUT2D eigenvalue weighted by atomic mass is 10.0. The van der Waals surface area contributed by atoms with Crippen molar-refractivity contribution in [3.05, 3.63) is 77.0 Å². The van der Waals surface area contributed by atoms with Crippen molar-refractivity contribution in [3.63, 3.8) is 0 Å². The number of aryl methyl sites for hydroxylation is 3. The van der Waals surface area contributed by atoms with Crippen LogP contribution in [0.1, 0.15) is 22.3 Å². The van der Waals surface area contributed by atoms with Crippen LogP contribution in [0.25, 0.3) is 21.8 Å². The molecule has 0 atom stereocenters. The molecule has 5 N–H and O–H groups in total. The summed E-state index contributed by atoms with van der Waals surface area (Å²) in [6.07, 6.45) is 5.10. The number of fused-ring (bicyclic) bond motifs is 3. The number of nitrogen functional groups attached to an aromatic ring is 1. The normalized spacial score (nSPS) is 10.6. The van der Waals surface area contributed by atoms with Crippen LogP contribution < -0.4 is 11.2 Å². The van der Waals surface area contributed by atoms with E-state index in [0.717, 1.165) is 40.2 Å². The monoisotopic (exact) mass is 387 g/mol. The van der Waals surface area contributed by atoms with E-state index in [1.165, 1.54) is 30.0 Å². The minimum Gasteiger partial charge on any atom is -0.382 e. The molecule has 0 aliphatic rings. The van der Waals surface area contributed by atoms with Crippen LogP contribution in [0, 0.1) is 12.3 Å². The third-order valence-corrected chi connectivity index (χ3v) is 4.72. The Labute approximate surface area is 169 Å². The van der Waals surface area contributed by atoms with Gasteiger partial charge in [0, 0.05) is 30.2 Å². The van der Waals surface area contributed by atoms with E-state index in [2.05, 4.69) is 53.3 Å². The Hall–Kier alpha value is -3.35. The Morgan fingerprint density at radius 2 is 1.72 bits per heavy atom. The first-order valence-corrected chi connectivity index (χ1v) is 9.40. The van der Waals surface area contributed by atoms with E-state index in [4.69, 9.17) is 16.4 Å². The highest BCUT2D eigenvalue weighted by Gasteiger charge is 2.09. The number of rotatable bonds is 4. The fourth-order valence-corrected chi connectivity index (χ4v) is 3.27. The molecule has 0 aliphatic heterocycles. The van der Waals surface area contributed by atoms with Crippen LogP contribution in [0.5, 0.6) is 0 Å². The van der Waals surface area contributed by atoms with Crippen LogP contribution >= 0.6 is 0 Å². The molecule has 0 radical (unpaired) electrons. The minimum absolute atomic E-state index is 0.479. The Morgan fingerprint density at radius 3 is 2.41 bits per heavy atom. The lowest BCUT2D eigenvalue weighted by Crippen LogP contribution is -1.98. The summed E-state index contributed by atoms with van der Waals surface area (Å²) in [5.41, 5.74) is 14.1. The van der Waals surface area contributed by atoms with Crippen molar-refractivity contribution in [1.82, 2.24) is 15.4 Å². The highest BCUT2D eigenvalue weighted by molar-refractivity contribution is 6.08. The van der Waals surface area contributed by atoms with Gasteiger partial charge in [-0.2, -0.15) is 0 Å². The molecule has 0 bridgehead atoms. The van der Waals surface area contributed by atoms with E-state index in [1.807, 2.05) is 18.3 Å². The first-order valence-electron chi connectivity index (χ1n) is 9.40. The number of nitrogens with two attached hydrogens (primary N) is 1. The maximum absolute atomic E-state index is 7.32. The van der Waals surface area contributed by atoms with Gasteiger partial charge >= 0.3 is 0 Å². The predicted octanol–water partition coefficient (Wildman–Crippen LogP) is 4.05. The number of pyridine rings is 2. The van der Waals surface area contributed by atoms with E-state index in [0.29, 0.717) is 5.82 Å². The fourth-order valence-electron chi connectivity index (χ4n) is 3.27. The molecule has 4 rings (SSSR count). The topological polar surface area (TPSA) is 108 Å². The maximum Gasteiger partial charge on any atom is 0.150 e. The van der Waals surface area contributed by atoms with E-state index < -0.39 is 0 Å². The lowest BCUT2D eigenvalue weighted by Gasteiger charge is -2.09. The van der Waals surface area contributed by atoms with E-state index in [-0.39, 0.29) is 0 Å². The first kappa shape index (κ1) is 20.4. The van der Waals surface area contributed by atoms with Crippen LogP contribution in [0.4, 0.5) is 5.82 Å². The van der Waals surface area contributed by atoms with E-state index in [9.17, 15) is 0 Å². The predicted molar refractivity (Wildman–Crippen MR) is 119 cm³/mol. The van der Waals surface area contributed by atoms with Crippen molar-refractivity contribution in [3.8, 4) is 0 Å². The summed E-state index contributed by atoms with van der Waals surface area (Å²) in [5, 5.41) is 16.7. The van der Waals surface area contributed by atoms with Gasteiger partial charge in [-0.15, -0.1) is 0 Å².